The summed E-state index contributed by atoms with van der Waals surface area (Å²) in [6.45, 7) is 0.550. The van der Waals surface area contributed by atoms with E-state index in [0.717, 1.165) is 15.8 Å². The summed E-state index contributed by atoms with van der Waals surface area (Å²) in [5.41, 5.74) is 0.0214. The lowest BCUT2D eigenvalue weighted by Crippen LogP contribution is -2.40. The first-order valence-corrected chi connectivity index (χ1v) is 6.40. The molecule has 0 amide bonds. The van der Waals surface area contributed by atoms with E-state index in [9.17, 15) is 9.90 Å². The number of hydrogen-bond acceptors (Lipinski definition) is 3. The number of aliphatic carboxylic acids is 1. The fourth-order valence-corrected chi connectivity index (χ4v) is 3.07. The summed E-state index contributed by atoms with van der Waals surface area (Å²) in [5, 5.41) is 11.2. The Morgan fingerprint density at radius 1 is 1.73 bits per heavy atom. The second-order valence-corrected chi connectivity index (χ2v) is 5.88. The van der Waals surface area contributed by atoms with Gasteiger partial charge in [0.1, 0.15) is 0 Å². The quantitative estimate of drug-likeness (QED) is 0.931. The number of carboxylic acid groups (broad SMARTS) is 1. The molecule has 15 heavy (non-hydrogen) atoms. The molecule has 1 aromatic heterocycles. The third-order valence-electron chi connectivity index (χ3n) is 2.66. The highest BCUT2D eigenvalue weighted by molar-refractivity contribution is 9.11. The van der Waals surface area contributed by atoms with Gasteiger partial charge in [-0.25, -0.2) is 4.79 Å². The zero-order valence-electron chi connectivity index (χ0n) is 8.03. The number of hydrogen-bond donors (Lipinski definition) is 1. The van der Waals surface area contributed by atoms with Crippen molar-refractivity contribution < 1.29 is 14.6 Å². The van der Waals surface area contributed by atoms with Crippen LogP contribution < -0.4 is 0 Å². The van der Waals surface area contributed by atoms with E-state index >= 15 is 0 Å². The Morgan fingerprint density at radius 2 is 2.53 bits per heavy atom. The molecule has 0 radical (unpaired) electrons. The summed E-state index contributed by atoms with van der Waals surface area (Å²) in [7, 11) is 0. The highest BCUT2D eigenvalue weighted by Crippen LogP contribution is 2.34. The molecule has 0 saturated carbocycles. The Morgan fingerprint density at radius 3 is 3.00 bits per heavy atom. The number of ether oxygens (including phenoxy) is 1. The van der Waals surface area contributed by atoms with E-state index in [0.29, 0.717) is 19.4 Å². The maximum absolute atomic E-state index is 11.2. The van der Waals surface area contributed by atoms with Crippen LogP contribution in [-0.4, -0.2) is 23.3 Å². The topological polar surface area (TPSA) is 46.5 Å². The predicted molar refractivity (Wildman–Crippen MR) is 61.3 cm³/mol. The molecule has 2 heterocycles. The van der Waals surface area contributed by atoms with Gasteiger partial charge in [-0.3, -0.25) is 0 Å². The van der Waals surface area contributed by atoms with Gasteiger partial charge < -0.3 is 9.84 Å². The highest BCUT2D eigenvalue weighted by Gasteiger charge is 2.43. The minimum absolute atomic E-state index is 0.451. The fourth-order valence-electron chi connectivity index (χ4n) is 1.83. The first-order chi connectivity index (χ1) is 7.14. The largest absolute Gasteiger partial charge is 0.479 e. The highest BCUT2D eigenvalue weighted by atomic mass is 79.9. The number of thiophene rings is 1. The van der Waals surface area contributed by atoms with Gasteiger partial charge in [0.2, 0.25) is 0 Å². The standard InChI is InChI=1S/C10H11BrO3S/c11-8-7(2-5-15-8)6-10(9(12)13)3-1-4-14-10/h2,5H,1,3-4,6H2,(H,12,13). The third kappa shape index (κ3) is 2.09. The Balaban J connectivity index is 2.21. The molecule has 0 bridgehead atoms. The lowest BCUT2D eigenvalue weighted by molar-refractivity contribution is -0.159. The molecule has 3 nitrogen and oxygen atoms in total. The van der Waals surface area contributed by atoms with Gasteiger partial charge in [0.05, 0.1) is 3.79 Å². The molecule has 1 aromatic rings. The summed E-state index contributed by atoms with van der Waals surface area (Å²) in [5.74, 6) is -0.849. The van der Waals surface area contributed by atoms with Gasteiger partial charge in [-0.2, -0.15) is 0 Å². The predicted octanol–water partition coefficient (Wildman–Crippen LogP) is 2.69. The molecular weight excluding hydrogens is 280 g/mol. The molecule has 1 aliphatic heterocycles. The molecule has 0 aliphatic carbocycles. The van der Waals surface area contributed by atoms with Crippen molar-refractivity contribution >= 4 is 33.2 Å². The van der Waals surface area contributed by atoms with Gasteiger partial charge in [-0.1, -0.05) is 0 Å². The molecule has 1 atom stereocenters. The Bertz CT molecular complexity index is 368. The van der Waals surface area contributed by atoms with Crippen LogP contribution in [0, 0.1) is 0 Å². The SMILES string of the molecule is O=C(O)C1(Cc2ccsc2Br)CCCO1. The van der Waals surface area contributed by atoms with Crippen LogP contribution in [0.2, 0.25) is 0 Å². The molecule has 0 aromatic carbocycles. The van der Waals surface area contributed by atoms with E-state index in [1.165, 1.54) is 0 Å². The van der Waals surface area contributed by atoms with E-state index in [4.69, 9.17) is 4.74 Å². The van der Waals surface area contributed by atoms with E-state index in [2.05, 4.69) is 15.9 Å². The molecule has 82 valence electrons. The zero-order valence-corrected chi connectivity index (χ0v) is 10.4. The average Bonchev–Trinajstić information content (AvgIpc) is 2.78. The molecular formula is C10H11BrO3S. The number of halogens is 1. The van der Waals surface area contributed by atoms with Crippen LogP contribution in [0.4, 0.5) is 0 Å². The Hall–Kier alpha value is -0.390. The van der Waals surface area contributed by atoms with Crippen molar-refractivity contribution in [1.29, 1.82) is 0 Å². The van der Waals surface area contributed by atoms with Crippen LogP contribution in [-0.2, 0) is 16.0 Å². The van der Waals surface area contributed by atoms with Gasteiger partial charge in [0, 0.05) is 13.0 Å². The Kier molecular flexibility index (Phi) is 3.13. The van der Waals surface area contributed by atoms with Crippen LogP contribution in [0.5, 0.6) is 0 Å². The van der Waals surface area contributed by atoms with Crippen molar-refractivity contribution in [3.8, 4) is 0 Å². The summed E-state index contributed by atoms with van der Waals surface area (Å²) in [4.78, 5) is 11.2. The van der Waals surface area contributed by atoms with Crippen molar-refractivity contribution in [3.63, 3.8) is 0 Å². The average molecular weight is 291 g/mol. The molecule has 1 fully saturated rings. The first kappa shape index (κ1) is 11.1. The van der Waals surface area contributed by atoms with Crippen LogP contribution >= 0.6 is 27.3 Å². The molecule has 5 heteroatoms. The van der Waals surface area contributed by atoms with Crippen molar-refractivity contribution in [1.82, 2.24) is 0 Å². The molecule has 0 spiro atoms. The number of rotatable bonds is 3. The maximum atomic E-state index is 11.2. The lowest BCUT2D eigenvalue weighted by atomic mass is 9.93. The van der Waals surface area contributed by atoms with E-state index in [1.54, 1.807) is 11.3 Å². The molecule has 1 saturated heterocycles. The van der Waals surface area contributed by atoms with E-state index in [1.807, 2.05) is 11.4 Å². The maximum Gasteiger partial charge on any atom is 0.336 e. The second-order valence-electron chi connectivity index (χ2n) is 3.65. The van der Waals surface area contributed by atoms with E-state index in [-0.39, 0.29) is 0 Å². The van der Waals surface area contributed by atoms with Crippen molar-refractivity contribution in [2.45, 2.75) is 24.9 Å². The van der Waals surface area contributed by atoms with Gasteiger partial charge in [-0.15, -0.1) is 11.3 Å². The Labute approximate surface area is 100 Å². The second kappa shape index (κ2) is 4.23. The van der Waals surface area contributed by atoms with Gasteiger partial charge >= 0.3 is 5.97 Å². The smallest absolute Gasteiger partial charge is 0.336 e. The van der Waals surface area contributed by atoms with Crippen LogP contribution in [0.1, 0.15) is 18.4 Å². The molecule has 1 aliphatic rings. The monoisotopic (exact) mass is 290 g/mol. The van der Waals surface area contributed by atoms with E-state index < -0.39 is 11.6 Å². The van der Waals surface area contributed by atoms with Crippen LogP contribution in [0.25, 0.3) is 0 Å². The number of carbonyl (C=O) groups is 1. The van der Waals surface area contributed by atoms with Gasteiger partial charge in [0.15, 0.2) is 5.60 Å². The van der Waals surface area contributed by atoms with Crippen LogP contribution in [0.15, 0.2) is 15.2 Å². The first-order valence-electron chi connectivity index (χ1n) is 4.73. The molecule has 1 N–H and O–H groups in total. The van der Waals surface area contributed by atoms with Gasteiger partial charge in [0.25, 0.3) is 0 Å². The molecule has 1 unspecified atom stereocenters. The summed E-state index contributed by atoms with van der Waals surface area (Å²) in [6, 6.07) is 1.95. The minimum Gasteiger partial charge on any atom is -0.479 e. The minimum atomic E-state index is -0.996. The lowest BCUT2D eigenvalue weighted by Gasteiger charge is -2.22. The van der Waals surface area contributed by atoms with Crippen molar-refractivity contribution in [3.05, 3.63) is 20.8 Å². The summed E-state index contributed by atoms with van der Waals surface area (Å²) < 4.78 is 6.41. The number of carboxylic acids is 1. The summed E-state index contributed by atoms with van der Waals surface area (Å²) in [6.07, 6.45) is 1.88. The zero-order chi connectivity index (χ0) is 10.9. The fraction of sp³-hybridized carbons (Fsp3) is 0.500. The molecule has 2 rings (SSSR count). The summed E-state index contributed by atoms with van der Waals surface area (Å²) >= 11 is 4.98. The van der Waals surface area contributed by atoms with Crippen molar-refractivity contribution in [2.24, 2.45) is 0 Å². The van der Waals surface area contributed by atoms with Crippen molar-refractivity contribution in [2.75, 3.05) is 6.61 Å². The third-order valence-corrected chi connectivity index (χ3v) is 4.47. The van der Waals surface area contributed by atoms with Crippen LogP contribution in [0.3, 0.4) is 0 Å². The normalized spacial score (nSPS) is 25.7. The van der Waals surface area contributed by atoms with Gasteiger partial charge in [-0.05, 0) is 45.8 Å².